The summed E-state index contributed by atoms with van der Waals surface area (Å²) in [6.07, 6.45) is 0. The molecule has 0 heterocycles. The average molecular weight is 254 g/mol. The maximum Gasteiger partial charge on any atom is 0.200 e. The monoisotopic (exact) mass is 254 g/mol. The molecule has 0 spiro atoms. The van der Waals surface area contributed by atoms with Crippen molar-refractivity contribution >= 4 is 11.6 Å². The van der Waals surface area contributed by atoms with Crippen molar-refractivity contribution in [3.05, 3.63) is 65.7 Å². The minimum absolute atomic E-state index is 0.0279. The van der Waals surface area contributed by atoms with Gasteiger partial charge in [-0.3, -0.25) is 9.59 Å². The molecule has 3 nitrogen and oxygen atoms in total. The van der Waals surface area contributed by atoms with Gasteiger partial charge in [0, 0.05) is 11.1 Å². The molecule has 3 heteroatoms. The lowest BCUT2D eigenvalue weighted by Gasteiger charge is -2.06. The van der Waals surface area contributed by atoms with E-state index < -0.39 is 0 Å². The van der Waals surface area contributed by atoms with E-state index in [1.807, 2.05) is 18.2 Å². The molecule has 0 N–H and O–H groups in total. The third kappa shape index (κ3) is 3.52. The highest BCUT2D eigenvalue weighted by molar-refractivity contribution is 5.97. The van der Waals surface area contributed by atoms with Crippen LogP contribution in [0.25, 0.3) is 0 Å². The molecule has 96 valence electrons. The van der Waals surface area contributed by atoms with Crippen molar-refractivity contribution in [2.24, 2.45) is 0 Å². The van der Waals surface area contributed by atoms with E-state index in [0.29, 0.717) is 16.9 Å². The molecule has 19 heavy (non-hydrogen) atoms. The molecule has 0 fully saturated rings. The third-order valence-corrected chi connectivity index (χ3v) is 2.71. The molecule has 0 unspecified atom stereocenters. The Kier molecular flexibility index (Phi) is 4.08. The van der Waals surface area contributed by atoms with E-state index in [4.69, 9.17) is 4.74 Å². The molecule has 0 bridgehead atoms. The summed E-state index contributed by atoms with van der Waals surface area (Å²) >= 11 is 0. The summed E-state index contributed by atoms with van der Waals surface area (Å²) < 4.78 is 5.41. The van der Waals surface area contributed by atoms with E-state index in [1.54, 1.807) is 36.4 Å². The average Bonchev–Trinajstić information content (AvgIpc) is 2.46. The van der Waals surface area contributed by atoms with Crippen molar-refractivity contribution in [2.75, 3.05) is 6.61 Å². The number of carbonyl (C=O) groups is 2. The Morgan fingerprint density at radius 3 is 2.32 bits per heavy atom. The molecule has 2 rings (SSSR count). The van der Waals surface area contributed by atoms with Crippen LogP contribution in [0.3, 0.4) is 0 Å². The second-order valence-electron chi connectivity index (χ2n) is 4.16. The SMILES string of the molecule is CC(=O)c1cccc(OCC(=O)c2ccccc2)c1. The van der Waals surface area contributed by atoms with Crippen molar-refractivity contribution in [1.82, 2.24) is 0 Å². The molecular formula is C16H14O3. The minimum Gasteiger partial charge on any atom is -0.485 e. The summed E-state index contributed by atoms with van der Waals surface area (Å²) in [5.41, 5.74) is 1.19. The van der Waals surface area contributed by atoms with E-state index in [1.165, 1.54) is 6.92 Å². The van der Waals surface area contributed by atoms with E-state index in [2.05, 4.69) is 0 Å². The van der Waals surface area contributed by atoms with Crippen LogP contribution in [0.4, 0.5) is 0 Å². The molecule has 0 aliphatic heterocycles. The van der Waals surface area contributed by atoms with Crippen molar-refractivity contribution < 1.29 is 14.3 Å². The van der Waals surface area contributed by atoms with Crippen molar-refractivity contribution in [3.8, 4) is 5.75 Å². The zero-order valence-electron chi connectivity index (χ0n) is 10.6. The molecule has 0 aromatic heterocycles. The van der Waals surface area contributed by atoms with E-state index in [0.717, 1.165) is 0 Å². The lowest BCUT2D eigenvalue weighted by molar-refractivity contribution is 0.0921. The highest BCUT2D eigenvalue weighted by Gasteiger charge is 2.07. The fraction of sp³-hybridized carbons (Fsp3) is 0.125. The molecular weight excluding hydrogens is 240 g/mol. The van der Waals surface area contributed by atoms with Gasteiger partial charge < -0.3 is 4.74 Å². The van der Waals surface area contributed by atoms with Gasteiger partial charge in [0.05, 0.1) is 0 Å². The van der Waals surface area contributed by atoms with Gasteiger partial charge in [0.1, 0.15) is 5.75 Å². The summed E-state index contributed by atoms with van der Waals surface area (Å²) in [4.78, 5) is 23.1. The Morgan fingerprint density at radius 1 is 0.947 bits per heavy atom. The zero-order chi connectivity index (χ0) is 13.7. The Hall–Kier alpha value is -2.42. The first-order chi connectivity index (χ1) is 9.16. The highest BCUT2D eigenvalue weighted by Crippen LogP contribution is 2.14. The fourth-order valence-corrected chi connectivity index (χ4v) is 1.66. The number of benzene rings is 2. The van der Waals surface area contributed by atoms with Crippen LogP contribution in [0.1, 0.15) is 27.6 Å². The van der Waals surface area contributed by atoms with Gasteiger partial charge in [0.25, 0.3) is 0 Å². The fourth-order valence-electron chi connectivity index (χ4n) is 1.66. The maximum absolute atomic E-state index is 11.8. The van der Waals surface area contributed by atoms with Gasteiger partial charge in [0.2, 0.25) is 0 Å². The minimum atomic E-state index is -0.0890. The van der Waals surface area contributed by atoms with E-state index in [9.17, 15) is 9.59 Å². The first-order valence-electron chi connectivity index (χ1n) is 5.99. The Labute approximate surface area is 111 Å². The van der Waals surface area contributed by atoms with Crippen LogP contribution >= 0.6 is 0 Å². The molecule has 0 saturated heterocycles. The Balaban J connectivity index is 2.01. The van der Waals surface area contributed by atoms with Crippen LogP contribution in [0.5, 0.6) is 5.75 Å². The smallest absolute Gasteiger partial charge is 0.200 e. The Morgan fingerprint density at radius 2 is 1.63 bits per heavy atom. The highest BCUT2D eigenvalue weighted by atomic mass is 16.5. The first kappa shape index (κ1) is 13.0. The second-order valence-corrected chi connectivity index (χ2v) is 4.16. The van der Waals surface area contributed by atoms with Gasteiger partial charge in [-0.1, -0.05) is 42.5 Å². The molecule has 2 aromatic carbocycles. The topological polar surface area (TPSA) is 43.4 Å². The Bertz CT molecular complexity index is 588. The number of rotatable bonds is 5. The van der Waals surface area contributed by atoms with Crippen LogP contribution in [0, 0.1) is 0 Å². The van der Waals surface area contributed by atoms with Gasteiger partial charge in [-0.25, -0.2) is 0 Å². The lowest BCUT2D eigenvalue weighted by atomic mass is 10.1. The van der Waals surface area contributed by atoms with Crippen LogP contribution < -0.4 is 4.74 Å². The predicted molar refractivity (Wildman–Crippen MR) is 72.7 cm³/mol. The molecule has 0 aliphatic rings. The van der Waals surface area contributed by atoms with Gasteiger partial charge in [-0.2, -0.15) is 0 Å². The van der Waals surface area contributed by atoms with Crippen LogP contribution in [-0.2, 0) is 0 Å². The molecule has 0 saturated carbocycles. The summed E-state index contributed by atoms with van der Waals surface area (Å²) in [6, 6.07) is 15.8. The van der Waals surface area contributed by atoms with Crippen molar-refractivity contribution in [1.29, 1.82) is 0 Å². The first-order valence-corrected chi connectivity index (χ1v) is 5.99. The number of Topliss-reactive ketones (excluding diaryl/α,β-unsaturated/α-hetero) is 2. The van der Waals surface area contributed by atoms with Crippen molar-refractivity contribution in [2.45, 2.75) is 6.92 Å². The van der Waals surface area contributed by atoms with E-state index >= 15 is 0 Å². The number of carbonyl (C=O) groups excluding carboxylic acids is 2. The maximum atomic E-state index is 11.8. The van der Waals surface area contributed by atoms with Crippen LogP contribution in [0.15, 0.2) is 54.6 Å². The number of ether oxygens (including phenoxy) is 1. The summed E-state index contributed by atoms with van der Waals surface area (Å²) in [5.74, 6) is 0.408. The normalized spacial score (nSPS) is 9.95. The lowest BCUT2D eigenvalue weighted by Crippen LogP contribution is -2.11. The molecule has 0 amide bonds. The van der Waals surface area contributed by atoms with Gasteiger partial charge >= 0.3 is 0 Å². The molecule has 0 atom stereocenters. The summed E-state index contributed by atoms with van der Waals surface area (Å²) in [6.45, 7) is 1.46. The molecule has 0 aliphatic carbocycles. The van der Waals surface area contributed by atoms with Crippen LogP contribution in [-0.4, -0.2) is 18.2 Å². The molecule has 2 aromatic rings. The molecule has 0 radical (unpaired) electrons. The summed E-state index contributed by atoms with van der Waals surface area (Å²) in [7, 11) is 0. The number of hydrogen-bond donors (Lipinski definition) is 0. The van der Waals surface area contributed by atoms with Gasteiger partial charge in [-0.15, -0.1) is 0 Å². The largest absolute Gasteiger partial charge is 0.485 e. The third-order valence-electron chi connectivity index (χ3n) is 2.71. The van der Waals surface area contributed by atoms with Gasteiger partial charge in [-0.05, 0) is 19.1 Å². The van der Waals surface area contributed by atoms with Crippen molar-refractivity contribution in [3.63, 3.8) is 0 Å². The number of hydrogen-bond acceptors (Lipinski definition) is 3. The van der Waals surface area contributed by atoms with Crippen LogP contribution in [0.2, 0.25) is 0 Å². The predicted octanol–water partition coefficient (Wildman–Crippen LogP) is 3.15. The summed E-state index contributed by atoms with van der Waals surface area (Å²) in [5, 5.41) is 0. The quantitative estimate of drug-likeness (QED) is 0.770. The standard InChI is InChI=1S/C16H14O3/c1-12(17)14-8-5-9-15(10-14)19-11-16(18)13-6-3-2-4-7-13/h2-10H,11H2,1H3. The number of ketones is 2. The van der Waals surface area contributed by atoms with E-state index in [-0.39, 0.29) is 18.2 Å². The second kappa shape index (κ2) is 5.96. The van der Waals surface area contributed by atoms with Gasteiger partial charge in [0.15, 0.2) is 18.2 Å². The zero-order valence-corrected chi connectivity index (χ0v) is 10.6.